The Morgan fingerprint density at radius 1 is 0.909 bits per heavy atom. The summed E-state index contributed by atoms with van der Waals surface area (Å²) in [6.07, 6.45) is 0. The summed E-state index contributed by atoms with van der Waals surface area (Å²) in [4.78, 5) is 8.35. The van der Waals surface area contributed by atoms with Gasteiger partial charge in [-0.1, -0.05) is 0 Å². The molecule has 0 saturated heterocycles. The van der Waals surface area contributed by atoms with E-state index in [0.717, 1.165) is 27.2 Å². The first-order valence-corrected chi connectivity index (χ1v) is 6.89. The van der Waals surface area contributed by atoms with Gasteiger partial charge in [-0.05, 0) is 67.9 Å². The quantitative estimate of drug-likeness (QED) is 0.486. The second-order valence-electron chi connectivity index (χ2n) is 4.22. The van der Waals surface area contributed by atoms with Crippen LogP contribution in [0.3, 0.4) is 0 Å². The molecule has 22 heavy (non-hydrogen) atoms. The van der Waals surface area contributed by atoms with E-state index in [1.165, 1.54) is 0 Å². The van der Waals surface area contributed by atoms with Crippen molar-refractivity contribution in [2.75, 3.05) is 0 Å². The van der Waals surface area contributed by atoms with Gasteiger partial charge in [0.1, 0.15) is 6.07 Å². The summed E-state index contributed by atoms with van der Waals surface area (Å²) in [6.45, 7) is 12.5. The topological polar surface area (TPSA) is 73.4 Å². The monoisotopic (exact) mass is 406 g/mol. The zero-order chi connectivity index (χ0) is 16.4. The first kappa shape index (κ1) is 22.6. The summed E-state index contributed by atoms with van der Waals surface area (Å²) in [5, 5.41) is 14.8. The summed E-state index contributed by atoms with van der Waals surface area (Å²) >= 11 is 3.37. The molecule has 0 aliphatic rings. The molecule has 0 aliphatic carbocycles. The van der Waals surface area contributed by atoms with Gasteiger partial charge in [0.2, 0.25) is 0 Å². The fraction of sp³-hybridized carbons (Fsp3) is 0.250. The summed E-state index contributed by atoms with van der Waals surface area (Å²) in [7, 11) is 0. The third-order valence-corrected chi connectivity index (χ3v) is 3.34. The van der Waals surface area contributed by atoms with Crippen molar-refractivity contribution in [3.63, 3.8) is 0 Å². The van der Waals surface area contributed by atoms with Crippen molar-refractivity contribution in [2.45, 2.75) is 27.7 Å². The van der Waals surface area contributed by atoms with Crippen LogP contribution in [0.4, 0.5) is 0 Å². The predicted octanol–water partition coefficient (Wildman–Crippen LogP) is 4.12. The van der Waals surface area contributed by atoms with Gasteiger partial charge in [0.05, 0.1) is 17.0 Å². The number of pyridine rings is 2. The number of aryl methyl sites for hydroxylation is 4. The number of halogens is 1. The van der Waals surface area contributed by atoms with E-state index in [2.05, 4.69) is 32.0 Å². The average molecular weight is 408 g/mol. The van der Waals surface area contributed by atoms with E-state index in [-0.39, 0.29) is 17.1 Å². The molecule has 0 spiro atoms. The molecular formula is C16H16BrCuN4. The zero-order valence-corrected chi connectivity index (χ0v) is 15.3. The van der Waals surface area contributed by atoms with E-state index in [4.69, 9.17) is 17.1 Å². The molecule has 118 valence electrons. The molecule has 6 heteroatoms. The number of nitriles is 1. The van der Waals surface area contributed by atoms with Gasteiger partial charge in [-0.15, -0.1) is 0 Å². The molecule has 0 amide bonds. The molecule has 2 heterocycles. The number of aromatic nitrogens is 2. The molecule has 0 N–H and O–H groups in total. The Balaban J connectivity index is 0. The van der Waals surface area contributed by atoms with Gasteiger partial charge in [0.15, 0.2) is 0 Å². The van der Waals surface area contributed by atoms with Crippen molar-refractivity contribution in [3.8, 4) is 6.07 Å². The van der Waals surface area contributed by atoms with Crippen LogP contribution in [0.25, 0.3) is 0 Å². The molecule has 0 bridgehead atoms. The fourth-order valence-corrected chi connectivity index (χ4v) is 1.70. The van der Waals surface area contributed by atoms with E-state index >= 15 is 0 Å². The fourth-order valence-electron chi connectivity index (χ4n) is 1.47. The van der Waals surface area contributed by atoms with Gasteiger partial charge in [-0.25, -0.2) is 0 Å². The standard InChI is InChI=1S/C8H8N2.C7H8BrN.CN.Cu/c1-6-3-4-8(5-9)7(2)10-6;1-5-3-4-7(8)6(2)9-5;1-2;/h3-4H,1-2H3;3-4H,1-2H3;;/q;;-1;+1. The van der Waals surface area contributed by atoms with Crippen LogP contribution in [0.5, 0.6) is 0 Å². The number of hydrogen-bond donors (Lipinski definition) is 0. The molecule has 0 saturated carbocycles. The number of hydrogen-bond acceptors (Lipinski definition) is 4. The Morgan fingerprint density at radius 2 is 1.36 bits per heavy atom. The second kappa shape index (κ2) is 11.9. The molecule has 2 aromatic rings. The normalized spacial score (nSPS) is 8.09. The Labute approximate surface area is 150 Å². The smallest absolute Gasteiger partial charge is 0.512 e. The minimum absolute atomic E-state index is 0. The van der Waals surface area contributed by atoms with Crippen LogP contribution in [0.1, 0.15) is 28.3 Å². The zero-order valence-electron chi connectivity index (χ0n) is 12.8. The Morgan fingerprint density at radius 3 is 1.73 bits per heavy atom. The van der Waals surface area contributed by atoms with Crippen molar-refractivity contribution >= 4 is 15.9 Å². The van der Waals surface area contributed by atoms with Crippen molar-refractivity contribution in [3.05, 3.63) is 63.6 Å². The van der Waals surface area contributed by atoms with Crippen LogP contribution in [0, 0.1) is 50.9 Å². The van der Waals surface area contributed by atoms with Gasteiger partial charge in [0, 0.05) is 15.9 Å². The Kier molecular flexibility index (Phi) is 12.2. The third-order valence-electron chi connectivity index (χ3n) is 2.51. The van der Waals surface area contributed by atoms with E-state index in [9.17, 15) is 0 Å². The third kappa shape index (κ3) is 7.90. The van der Waals surface area contributed by atoms with Crippen molar-refractivity contribution in [2.24, 2.45) is 0 Å². The Hall–Kier alpha value is -1.72. The molecule has 0 aromatic carbocycles. The summed E-state index contributed by atoms with van der Waals surface area (Å²) in [5.41, 5.74) is 4.54. The van der Waals surface area contributed by atoms with Crippen molar-refractivity contribution in [1.29, 1.82) is 10.5 Å². The van der Waals surface area contributed by atoms with Gasteiger partial charge in [-0.3, -0.25) is 9.97 Å². The predicted molar refractivity (Wildman–Crippen MR) is 84.8 cm³/mol. The van der Waals surface area contributed by atoms with Crippen LogP contribution in [-0.2, 0) is 17.1 Å². The van der Waals surface area contributed by atoms with Crippen LogP contribution >= 0.6 is 15.9 Å². The first-order valence-electron chi connectivity index (χ1n) is 6.10. The van der Waals surface area contributed by atoms with Gasteiger partial charge in [-0.2, -0.15) is 5.26 Å². The van der Waals surface area contributed by atoms with Crippen molar-refractivity contribution < 1.29 is 17.1 Å². The van der Waals surface area contributed by atoms with Crippen LogP contribution < -0.4 is 0 Å². The molecular weight excluding hydrogens is 392 g/mol. The average Bonchev–Trinajstić information content (AvgIpc) is 2.46. The van der Waals surface area contributed by atoms with E-state index in [1.54, 1.807) is 6.07 Å². The molecule has 2 aromatic heterocycles. The van der Waals surface area contributed by atoms with E-state index in [0.29, 0.717) is 5.56 Å². The number of rotatable bonds is 0. The van der Waals surface area contributed by atoms with Gasteiger partial charge >= 0.3 is 17.1 Å². The van der Waals surface area contributed by atoms with E-state index in [1.807, 2.05) is 45.9 Å². The van der Waals surface area contributed by atoms with Crippen LogP contribution in [0.15, 0.2) is 28.7 Å². The van der Waals surface area contributed by atoms with Gasteiger partial charge in [0.25, 0.3) is 0 Å². The van der Waals surface area contributed by atoms with Crippen LogP contribution in [0.2, 0.25) is 0 Å². The summed E-state index contributed by atoms with van der Waals surface area (Å²) < 4.78 is 1.08. The molecule has 0 radical (unpaired) electrons. The maximum atomic E-state index is 8.52. The maximum absolute atomic E-state index is 8.52. The van der Waals surface area contributed by atoms with Crippen molar-refractivity contribution in [1.82, 2.24) is 9.97 Å². The first-order chi connectivity index (χ1) is 9.93. The van der Waals surface area contributed by atoms with Gasteiger partial charge < -0.3 is 11.8 Å². The molecule has 0 unspecified atom stereocenters. The Bertz CT molecular complexity index is 663. The molecule has 2 rings (SSSR count). The van der Waals surface area contributed by atoms with Crippen LogP contribution in [-0.4, -0.2) is 9.97 Å². The molecule has 4 nitrogen and oxygen atoms in total. The minimum atomic E-state index is 0. The molecule has 0 fully saturated rings. The summed E-state index contributed by atoms with van der Waals surface area (Å²) in [6, 6.07) is 9.68. The molecule has 0 aliphatic heterocycles. The maximum Gasteiger partial charge on any atom is 1.00 e. The largest absolute Gasteiger partial charge is 1.00 e. The molecule has 0 atom stereocenters. The van der Waals surface area contributed by atoms with E-state index < -0.39 is 0 Å². The SMILES string of the molecule is Cc1ccc(Br)c(C)n1.Cc1ccc(C#N)c(C)n1.[C-]#N.[Cu+]. The second-order valence-corrected chi connectivity index (χ2v) is 5.07. The summed E-state index contributed by atoms with van der Waals surface area (Å²) in [5.74, 6) is 0. The minimum Gasteiger partial charge on any atom is -0.512 e. The number of nitrogens with zero attached hydrogens (tertiary/aromatic N) is 4.